The van der Waals surface area contributed by atoms with Crippen molar-refractivity contribution in [1.29, 1.82) is 0 Å². The SMILES string of the molecule is Cn1nc(Br)c2c(NCCC3CC4CCC3C4)ncnc21. The van der Waals surface area contributed by atoms with Gasteiger partial charge >= 0.3 is 0 Å². The highest BCUT2D eigenvalue weighted by molar-refractivity contribution is 9.10. The summed E-state index contributed by atoms with van der Waals surface area (Å²) in [5.41, 5.74) is 0.860. The molecular weight excluding hydrogens is 330 g/mol. The summed E-state index contributed by atoms with van der Waals surface area (Å²) in [6.07, 6.45) is 8.73. The van der Waals surface area contributed by atoms with Crippen molar-refractivity contribution in [2.45, 2.75) is 32.1 Å². The number of halogens is 1. The van der Waals surface area contributed by atoms with Crippen molar-refractivity contribution in [3.8, 4) is 0 Å². The van der Waals surface area contributed by atoms with Crippen LogP contribution in [0.5, 0.6) is 0 Å². The van der Waals surface area contributed by atoms with E-state index < -0.39 is 0 Å². The Morgan fingerprint density at radius 2 is 2.24 bits per heavy atom. The summed E-state index contributed by atoms with van der Waals surface area (Å²) in [5, 5.41) is 8.83. The maximum absolute atomic E-state index is 4.39. The van der Waals surface area contributed by atoms with Gasteiger partial charge in [0, 0.05) is 13.6 Å². The molecule has 0 aromatic carbocycles. The van der Waals surface area contributed by atoms with Crippen LogP contribution in [0.25, 0.3) is 11.0 Å². The molecule has 2 aliphatic rings. The molecule has 0 amide bonds. The molecule has 2 aromatic rings. The Balaban J connectivity index is 1.45. The number of nitrogens with zero attached hydrogens (tertiary/aromatic N) is 4. The quantitative estimate of drug-likeness (QED) is 0.919. The van der Waals surface area contributed by atoms with E-state index in [1.54, 1.807) is 11.0 Å². The number of anilines is 1. The van der Waals surface area contributed by atoms with Crippen LogP contribution >= 0.6 is 15.9 Å². The van der Waals surface area contributed by atoms with Crippen LogP contribution < -0.4 is 5.32 Å². The fourth-order valence-electron chi connectivity index (χ4n) is 4.28. The summed E-state index contributed by atoms with van der Waals surface area (Å²) in [6, 6.07) is 0. The van der Waals surface area contributed by atoms with Gasteiger partial charge in [0.05, 0.1) is 5.39 Å². The molecule has 2 aromatic heterocycles. The van der Waals surface area contributed by atoms with Gasteiger partial charge in [0.1, 0.15) is 16.7 Å². The van der Waals surface area contributed by atoms with Crippen molar-refractivity contribution in [2.75, 3.05) is 11.9 Å². The Morgan fingerprint density at radius 1 is 1.33 bits per heavy atom. The molecule has 2 aliphatic carbocycles. The second kappa shape index (κ2) is 5.23. The first kappa shape index (κ1) is 13.5. The molecule has 0 spiro atoms. The monoisotopic (exact) mass is 349 g/mol. The molecule has 2 heterocycles. The molecule has 4 rings (SSSR count). The van der Waals surface area contributed by atoms with Gasteiger partial charge < -0.3 is 5.32 Å². The van der Waals surface area contributed by atoms with Crippen molar-refractivity contribution in [2.24, 2.45) is 24.8 Å². The lowest BCUT2D eigenvalue weighted by molar-refractivity contribution is 0.321. The van der Waals surface area contributed by atoms with E-state index in [-0.39, 0.29) is 0 Å². The third kappa shape index (κ3) is 2.33. The highest BCUT2D eigenvalue weighted by atomic mass is 79.9. The standard InChI is InChI=1S/C15H20BrN5/c1-21-15-12(13(16)20-21)14(18-8-19-15)17-5-4-11-7-9-2-3-10(11)6-9/h8-11H,2-7H2,1H3,(H,17,18,19). The van der Waals surface area contributed by atoms with Crippen molar-refractivity contribution in [3.63, 3.8) is 0 Å². The number of aryl methyl sites for hydroxylation is 1. The number of nitrogens with one attached hydrogen (secondary N) is 1. The Morgan fingerprint density at radius 3 is 3.00 bits per heavy atom. The first-order valence-corrected chi connectivity index (χ1v) is 8.58. The molecule has 112 valence electrons. The van der Waals surface area contributed by atoms with E-state index in [4.69, 9.17) is 0 Å². The van der Waals surface area contributed by atoms with Gasteiger partial charge in [-0.1, -0.05) is 6.42 Å². The molecule has 3 atom stereocenters. The molecule has 3 unspecified atom stereocenters. The maximum atomic E-state index is 4.39. The molecule has 6 heteroatoms. The lowest BCUT2D eigenvalue weighted by Crippen LogP contribution is -2.15. The van der Waals surface area contributed by atoms with E-state index in [0.29, 0.717) is 0 Å². The van der Waals surface area contributed by atoms with Crippen molar-refractivity contribution < 1.29 is 0 Å². The Hall–Kier alpha value is -1.17. The summed E-state index contributed by atoms with van der Waals surface area (Å²) in [5.74, 6) is 3.83. The number of hydrogen-bond donors (Lipinski definition) is 1. The minimum absolute atomic E-state index is 0.808. The molecule has 5 nitrogen and oxygen atoms in total. The average molecular weight is 350 g/mol. The van der Waals surface area contributed by atoms with Crippen molar-refractivity contribution in [3.05, 3.63) is 10.9 Å². The molecular formula is C15H20BrN5. The summed E-state index contributed by atoms with van der Waals surface area (Å²) in [4.78, 5) is 8.69. The maximum Gasteiger partial charge on any atom is 0.164 e. The highest BCUT2D eigenvalue weighted by Crippen LogP contribution is 2.49. The largest absolute Gasteiger partial charge is 0.369 e. The van der Waals surface area contributed by atoms with Crippen molar-refractivity contribution in [1.82, 2.24) is 19.7 Å². The number of rotatable bonds is 4. The number of fused-ring (bicyclic) bond motifs is 3. The summed E-state index contributed by atoms with van der Waals surface area (Å²) in [7, 11) is 1.90. The minimum Gasteiger partial charge on any atom is -0.369 e. The first-order chi connectivity index (χ1) is 10.2. The van der Waals surface area contributed by atoms with Crippen LogP contribution in [0.3, 0.4) is 0 Å². The average Bonchev–Trinajstić information content (AvgIpc) is 3.15. The lowest BCUT2D eigenvalue weighted by Gasteiger charge is -2.21. The van der Waals surface area contributed by atoms with Gasteiger partial charge in [-0.25, -0.2) is 14.6 Å². The zero-order chi connectivity index (χ0) is 14.4. The van der Waals surface area contributed by atoms with Crippen LogP contribution in [-0.4, -0.2) is 26.3 Å². The fraction of sp³-hybridized carbons (Fsp3) is 0.667. The van der Waals surface area contributed by atoms with Gasteiger partial charge in [-0.3, -0.25) is 0 Å². The van der Waals surface area contributed by atoms with Gasteiger partial charge in [0.15, 0.2) is 5.65 Å². The van der Waals surface area contributed by atoms with Crippen LogP contribution in [0.15, 0.2) is 10.9 Å². The normalized spacial score (nSPS) is 27.6. The van der Waals surface area contributed by atoms with E-state index in [0.717, 1.165) is 45.8 Å². The number of aromatic nitrogens is 4. The predicted octanol–water partition coefficient (Wildman–Crippen LogP) is 3.36. The minimum atomic E-state index is 0.808. The first-order valence-electron chi connectivity index (χ1n) is 7.79. The summed E-state index contributed by atoms with van der Waals surface area (Å²) in [6.45, 7) is 0.987. The Labute approximate surface area is 132 Å². The summed E-state index contributed by atoms with van der Waals surface area (Å²) < 4.78 is 2.59. The molecule has 21 heavy (non-hydrogen) atoms. The Kier molecular flexibility index (Phi) is 3.36. The topological polar surface area (TPSA) is 55.6 Å². The van der Waals surface area contributed by atoms with Gasteiger partial charge in [0.2, 0.25) is 0 Å². The molecule has 0 aliphatic heterocycles. The predicted molar refractivity (Wildman–Crippen MR) is 86.0 cm³/mol. The van der Waals surface area contributed by atoms with E-state index >= 15 is 0 Å². The van der Waals surface area contributed by atoms with Gasteiger partial charge in [-0.2, -0.15) is 5.10 Å². The Bertz CT molecular complexity index is 667. The van der Waals surface area contributed by atoms with Gasteiger partial charge in [-0.15, -0.1) is 0 Å². The van der Waals surface area contributed by atoms with E-state index in [1.807, 2.05) is 7.05 Å². The lowest BCUT2D eigenvalue weighted by atomic mass is 9.86. The second-order valence-electron chi connectivity index (χ2n) is 6.49. The van der Waals surface area contributed by atoms with Crippen LogP contribution in [0.4, 0.5) is 5.82 Å². The molecule has 0 radical (unpaired) electrons. The zero-order valence-corrected chi connectivity index (χ0v) is 13.8. The van der Waals surface area contributed by atoms with Crippen molar-refractivity contribution >= 4 is 32.8 Å². The van der Waals surface area contributed by atoms with Gasteiger partial charge in [0.25, 0.3) is 0 Å². The molecule has 2 bridgehead atoms. The highest BCUT2D eigenvalue weighted by Gasteiger charge is 2.38. The van der Waals surface area contributed by atoms with Crippen LogP contribution in [-0.2, 0) is 7.05 Å². The van der Waals surface area contributed by atoms with Crippen LogP contribution in [0.2, 0.25) is 0 Å². The zero-order valence-electron chi connectivity index (χ0n) is 12.2. The molecule has 2 fully saturated rings. The molecule has 1 N–H and O–H groups in total. The summed E-state index contributed by atoms with van der Waals surface area (Å²) >= 11 is 3.50. The fourth-order valence-corrected chi connectivity index (χ4v) is 4.88. The third-order valence-corrected chi connectivity index (χ3v) is 5.83. The third-order valence-electron chi connectivity index (χ3n) is 5.27. The molecule has 0 saturated heterocycles. The number of hydrogen-bond acceptors (Lipinski definition) is 4. The van der Waals surface area contributed by atoms with E-state index in [1.165, 1.54) is 32.1 Å². The van der Waals surface area contributed by atoms with E-state index in [2.05, 4.69) is 36.3 Å². The van der Waals surface area contributed by atoms with Gasteiger partial charge in [-0.05, 0) is 59.4 Å². The van der Waals surface area contributed by atoms with Crippen LogP contribution in [0, 0.1) is 17.8 Å². The smallest absolute Gasteiger partial charge is 0.164 e. The van der Waals surface area contributed by atoms with Crippen LogP contribution in [0.1, 0.15) is 32.1 Å². The second-order valence-corrected chi connectivity index (χ2v) is 7.24. The van der Waals surface area contributed by atoms with E-state index in [9.17, 15) is 0 Å². The molecule has 2 saturated carbocycles.